The van der Waals surface area contributed by atoms with Crippen molar-refractivity contribution in [1.29, 1.82) is 0 Å². The summed E-state index contributed by atoms with van der Waals surface area (Å²) in [5.74, 6) is 0.547. The maximum absolute atomic E-state index is 6.01. The summed E-state index contributed by atoms with van der Waals surface area (Å²) in [6, 6.07) is 6.66. The fourth-order valence-electron chi connectivity index (χ4n) is 1.60. The van der Waals surface area contributed by atoms with E-state index in [1.165, 1.54) is 11.1 Å². The fraction of sp³-hybridized carbons (Fsp3) is 0.538. The first-order chi connectivity index (χ1) is 7.00. The molecule has 1 rings (SSSR count). The first-order valence-corrected chi connectivity index (χ1v) is 5.90. The smallest absolute Gasteiger partial charge is 0.0409 e. The lowest BCUT2D eigenvalue weighted by Crippen LogP contribution is -2.22. The Bertz CT molecular complexity index is 318. The topological polar surface area (TPSA) is 12.0 Å². The molecule has 84 valence electrons. The molecule has 1 aromatic carbocycles. The van der Waals surface area contributed by atoms with Gasteiger partial charge in [-0.05, 0) is 29.2 Å². The summed E-state index contributed by atoms with van der Waals surface area (Å²) in [4.78, 5) is 0. The standard InChI is InChI=1S/C13H20ClN/c1-9(2)13-6-5-12(14)7-11(13)8-15-10(3)4/h5-7,9-10,15H,8H2,1-4H3. The number of benzene rings is 1. The third-order valence-corrected chi connectivity index (χ3v) is 2.66. The second-order valence-corrected chi connectivity index (χ2v) is 4.97. The van der Waals surface area contributed by atoms with Gasteiger partial charge in [0, 0.05) is 17.6 Å². The molecule has 0 fully saturated rings. The monoisotopic (exact) mass is 225 g/mol. The molecule has 0 saturated heterocycles. The largest absolute Gasteiger partial charge is 0.310 e. The van der Waals surface area contributed by atoms with Gasteiger partial charge in [0.05, 0.1) is 0 Å². The minimum absolute atomic E-state index is 0.504. The molecule has 0 aromatic heterocycles. The molecule has 0 heterocycles. The summed E-state index contributed by atoms with van der Waals surface area (Å²) in [6.45, 7) is 9.62. The molecular formula is C13H20ClN. The molecule has 0 spiro atoms. The van der Waals surface area contributed by atoms with Crippen molar-refractivity contribution in [3.05, 3.63) is 34.3 Å². The normalized spacial score (nSPS) is 11.4. The Hall–Kier alpha value is -0.530. The van der Waals surface area contributed by atoms with E-state index in [4.69, 9.17) is 11.6 Å². The van der Waals surface area contributed by atoms with E-state index in [-0.39, 0.29) is 0 Å². The number of hydrogen-bond acceptors (Lipinski definition) is 1. The summed E-state index contributed by atoms with van der Waals surface area (Å²) in [6.07, 6.45) is 0. The molecule has 15 heavy (non-hydrogen) atoms. The van der Waals surface area contributed by atoms with Gasteiger partial charge in [-0.25, -0.2) is 0 Å². The van der Waals surface area contributed by atoms with Crippen LogP contribution in [0.4, 0.5) is 0 Å². The van der Waals surface area contributed by atoms with Gasteiger partial charge < -0.3 is 5.32 Å². The average Bonchev–Trinajstić information content (AvgIpc) is 2.14. The third-order valence-electron chi connectivity index (χ3n) is 2.43. The summed E-state index contributed by atoms with van der Waals surface area (Å²) in [5, 5.41) is 4.25. The van der Waals surface area contributed by atoms with E-state index >= 15 is 0 Å². The molecular weight excluding hydrogens is 206 g/mol. The molecule has 0 amide bonds. The fourth-order valence-corrected chi connectivity index (χ4v) is 1.80. The Morgan fingerprint density at radius 2 is 1.87 bits per heavy atom. The van der Waals surface area contributed by atoms with Crippen molar-refractivity contribution in [2.75, 3.05) is 0 Å². The molecule has 0 aliphatic heterocycles. The molecule has 2 heteroatoms. The van der Waals surface area contributed by atoms with Crippen molar-refractivity contribution in [3.63, 3.8) is 0 Å². The van der Waals surface area contributed by atoms with Crippen molar-refractivity contribution in [3.8, 4) is 0 Å². The van der Waals surface area contributed by atoms with Crippen LogP contribution in [0.3, 0.4) is 0 Å². The van der Waals surface area contributed by atoms with Crippen molar-refractivity contribution >= 4 is 11.6 Å². The second-order valence-electron chi connectivity index (χ2n) is 4.53. The van der Waals surface area contributed by atoms with Crippen LogP contribution in [-0.4, -0.2) is 6.04 Å². The van der Waals surface area contributed by atoms with Crippen LogP contribution in [0.15, 0.2) is 18.2 Å². The van der Waals surface area contributed by atoms with Crippen LogP contribution in [0.25, 0.3) is 0 Å². The molecule has 0 saturated carbocycles. The highest BCUT2D eigenvalue weighted by molar-refractivity contribution is 6.30. The highest BCUT2D eigenvalue weighted by atomic mass is 35.5. The zero-order chi connectivity index (χ0) is 11.4. The van der Waals surface area contributed by atoms with Crippen LogP contribution in [0.5, 0.6) is 0 Å². The van der Waals surface area contributed by atoms with Crippen LogP contribution >= 0.6 is 11.6 Å². The summed E-state index contributed by atoms with van der Waals surface area (Å²) >= 11 is 6.01. The van der Waals surface area contributed by atoms with Crippen LogP contribution in [0.2, 0.25) is 5.02 Å². The lowest BCUT2D eigenvalue weighted by molar-refractivity contribution is 0.584. The summed E-state index contributed by atoms with van der Waals surface area (Å²) < 4.78 is 0. The molecule has 1 N–H and O–H groups in total. The van der Waals surface area contributed by atoms with E-state index < -0.39 is 0 Å². The van der Waals surface area contributed by atoms with Crippen molar-refractivity contribution < 1.29 is 0 Å². The average molecular weight is 226 g/mol. The van der Waals surface area contributed by atoms with Crippen LogP contribution in [0, 0.1) is 0 Å². The molecule has 1 aromatic rings. The molecule has 0 radical (unpaired) electrons. The minimum atomic E-state index is 0.504. The van der Waals surface area contributed by atoms with Gasteiger partial charge in [-0.15, -0.1) is 0 Å². The van der Waals surface area contributed by atoms with E-state index in [0.29, 0.717) is 12.0 Å². The quantitative estimate of drug-likeness (QED) is 0.818. The molecule has 0 unspecified atom stereocenters. The number of halogens is 1. The van der Waals surface area contributed by atoms with Crippen molar-refractivity contribution in [2.24, 2.45) is 0 Å². The van der Waals surface area contributed by atoms with Crippen LogP contribution < -0.4 is 5.32 Å². The Balaban J connectivity index is 2.87. The molecule has 0 bridgehead atoms. The lowest BCUT2D eigenvalue weighted by Gasteiger charge is -2.15. The van der Waals surface area contributed by atoms with Gasteiger partial charge >= 0.3 is 0 Å². The molecule has 1 nitrogen and oxygen atoms in total. The number of rotatable bonds is 4. The van der Waals surface area contributed by atoms with Crippen LogP contribution in [0.1, 0.15) is 44.7 Å². The van der Waals surface area contributed by atoms with E-state index in [0.717, 1.165) is 11.6 Å². The Labute approximate surface area is 97.8 Å². The third kappa shape index (κ3) is 3.84. The van der Waals surface area contributed by atoms with Gasteiger partial charge in [0.2, 0.25) is 0 Å². The van der Waals surface area contributed by atoms with Gasteiger partial charge in [0.15, 0.2) is 0 Å². The van der Waals surface area contributed by atoms with Crippen molar-refractivity contribution in [1.82, 2.24) is 5.32 Å². The molecule has 0 aliphatic rings. The zero-order valence-electron chi connectivity index (χ0n) is 9.97. The van der Waals surface area contributed by atoms with Gasteiger partial charge in [-0.1, -0.05) is 45.4 Å². The maximum Gasteiger partial charge on any atom is 0.0409 e. The molecule has 0 aliphatic carbocycles. The first kappa shape index (κ1) is 12.5. The maximum atomic E-state index is 6.01. The molecule has 0 atom stereocenters. The van der Waals surface area contributed by atoms with E-state index in [1.807, 2.05) is 6.07 Å². The predicted octanol–water partition coefficient (Wildman–Crippen LogP) is 3.96. The second kappa shape index (κ2) is 5.53. The Morgan fingerprint density at radius 3 is 2.40 bits per heavy atom. The van der Waals surface area contributed by atoms with Crippen LogP contribution in [-0.2, 0) is 6.54 Å². The van der Waals surface area contributed by atoms with Crippen molar-refractivity contribution in [2.45, 2.75) is 46.2 Å². The summed E-state index contributed by atoms with van der Waals surface area (Å²) in [5.41, 5.74) is 2.69. The number of hydrogen-bond donors (Lipinski definition) is 1. The number of nitrogens with one attached hydrogen (secondary N) is 1. The minimum Gasteiger partial charge on any atom is -0.310 e. The van der Waals surface area contributed by atoms with Gasteiger partial charge in [0.1, 0.15) is 0 Å². The zero-order valence-corrected chi connectivity index (χ0v) is 10.7. The Morgan fingerprint density at radius 1 is 1.20 bits per heavy atom. The first-order valence-electron chi connectivity index (χ1n) is 5.52. The highest BCUT2D eigenvalue weighted by Gasteiger charge is 2.07. The Kier molecular flexibility index (Phi) is 4.62. The van der Waals surface area contributed by atoms with Gasteiger partial charge in [-0.2, -0.15) is 0 Å². The van der Waals surface area contributed by atoms with E-state index in [1.54, 1.807) is 0 Å². The van der Waals surface area contributed by atoms with E-state index in [2.05, 4.69) is 45.1 Å². The SMILES string of the molecule is CC(C)NCc1cc(Cl)ccc1C(C)C. The van der Waals surface area contributed by atoms with Gasteiger partial charge in [-0.3, -0.25) is 0 Å². The highest BCUT2D eigenvalue weighted by Crippen LogP contribution is 2.23. The summed E-state index contributed by atoms with van der Waals surface area (Å²) in [7, 11) is 0. The van der Waals surface area contributed by atoms with E-state index in [9.17, 15) is 0 Å². The van der Waals surface area contributed by atoms with Gasteiger partial charge in [0.25, 0.3) is 0 Å². The lowest BCUT2D eigenvalue weighted by atomic mass is 9.97. The predicted molar refractivity (Wildman–Crippen MR) is 67.5 cm³/mol.